The van der Waals surface area contributed by atoms with Crippen molar-refractivity contribution < 1.29 is 19.2 Å². The highest BCUT2D eigenvalue weighted by atomic mass is 16.5. The van der Waals surface area contributed by atoms with Crippen molar-refractivity contribution in [2.45, 2.75) is 25.2 Å². The summed E-state index contributed by atoms with van der Waals surface area (Å²) in [6.07, 6.45) is 3.07. The van der Waals surface area contributed by atoms with Gasteiger partial charge in [0.1, 0.15) is 17.2 Å². The van der Waals surface area contributed by atoms with Gasteiger partial charge in [-0.1, -0.05) is 59.8 Å². The molecule has 3 heterocycles. The second-order valence-electron chi connectivity index (χ2n) is 9.61. The number of aromatic nitrogens is 3. The van der Waals surface area contributed by atoms with Gasteiger partial charge in [0.05, 0.1) is 23.8 Å². The SMILES string of the molecule is COc1ncccc1-c1cccc(Nc2c(C)noc2-c2ccc(-c3ccc(C4(C(=O)O)CC4)cc3)cc2)n1. The van der Waals surface area contributed by atoms with Gasteiger partial charge in [0.25, 0.3) is 0 Å². The third-order valence-corrected chi connectivity index (χ3v) is 7.18. The molecule has 0 aliphatic heterocycles. The van der Waals surface area contributed by atoms with Gasteiger partial charge < -0.3 is 19.7 Å². The van der Waals surface area contributed by atoms with E-state index in [4.69, 9.17) is 14.2 Å². The van der Waals surface area contributed by atoms with Crippen LogP contribution < -0.4 is 10.1 Å². The van der Waals surface area contributed by atoms with E-state index in [1.807, 2.05) is 85.8 Å². The number of benzene rings is 2. The van der Waals surface area contributed by atoms with Gasteiger partial charge in [-0.05, 0) is 60.7 Å². The quantitative estimate of drug-likeness (QED) is 0.235. The number of carboxylic acid groups (broad SMARTS) is 1. The number of pyridine rings is 2. The number of ether oxygens (including phenoxy) is 1. The molecule has 5 aromatic rings. The Morgan fingerprint density at radius 1 is 0.949 bits per heavy atom. The van der Waals surface area contributed by atoms with E-state index in [1.165, 1.54) is 0 Å². The topological polar surface area (TPSA) is 110 Å². The second-order valence-corrected chi connectivity index (χ2v) is 9.61. The zero-order chi connectivity index (χ0) is 27.0. The maximum Gasteiger partial charge on any atom is 0.314 e. The molecule has 6 rings (SSSR count). The first-order valence-electron chi connectivity index (χ1n) is 12.6. The number of nitrogens with one attached hydrogen (secondary N) is 1. The zero-order valence-corrected chi connectivity index (χ0v) is 21.5. The number of hydrogen-bond donors (Lipinski definition) is 2. The molecule has 0 bridgehead atoms. The first kappa shape index (κ1) is 24.4. The minimum absolute atomic E-state index is 0.507. The van der Waals surface area contributed by atoms with Crippen molar-refractivity contribution in [3.63, 3.8) is 0 Å². The summed E-state index contributed by atoms with van der Waals surface area (Å²) in [6.45, 7) is 1.88. The number of hydrogen-bond acceptors (Lipinski definition) is 7. The molecule has 1 saturated carbocycles. The largest absolute Gasteiger partial charge is 0.481 e. The summed E-state index contributed by atoms with van der Waals surface area (Å²) in [5, 5.41) is 17.1. The standard InChI is InChI=1S/C31H26N4O4/c1-19-27(34-26-7-3-6-25(33-26)24-5-4-18-32-29(24)38-2)28(39-35-19)22-10-8-20(9-11-22)21-12-14-23(15-13-21)31(16-17-31)30(36)37/h3-15,18H,16-17H2,1-2H3,(H,33,34)(H,36,37). The van der Waals surface area contributed by atoms with E-state index in [-0.39, 0.29) is 0 Å². The van der Waals surface area contributed by atoms with Crippen LogP contribution >= 0.6 is 0 Å². The summed E-state index contributed by atoms with van der Waals surface area (Å²) in [6, 6.07) is 25.3. The fraction of sp³-hybridized carbons (Fsp3) is 0.161. The predicted octanol–water partition coefficient (Wildman–Crippen LogP) is 6.64. The van der Waals surface area contributed by atoms with Crippen molar-refractivity contribution >= 4 is 17.5 Å². The van der Waals surface area contributed by atoms with Crippen LogP contribution in [0.1, 0.15) is 24.1 Å². The molecule has 0 radical (unpaired) electrons. The minimum Gasteiger partial charge on any atom is -0.481 e. The molecule has 1 aliphatic rings. The lowest BCUT2D eigenvalue weighted by Crippen LogP contribution is -2.19. The number of anilines is 2. The van der Waals surface area contributed by atoms with E-state index in [0.29, 0.717) is 36.0 Å². The maximum atomic E-state index is 11.6. The molecule has 8 nitrogen and oxygen atoms in total. The Kier molecular flexibility index (Phi) is 6.07. The Morgan fingerprint density at radius 3 is 2.31 bits per heavy atom. The molecule has 1 fully saturated rings. The van der Waals surface area contributed by atoms with Gasteiger partial charge in [0.2, 0.25) is 5.88 Å². The summed E-state index contributed by atoms with van der Waals surface area (Å²) >= 11 is 0. The summed E-state index contributed by atoms with van der Waals surface area (Å²) < 4.78 is 11.1. The van der Waals surface area contributed by atoms with Crippen molar-refractivity contribution in [1.82, 2.24) is 15.1 Å². The molecule has 194 valence electrons. The van der Waals surface area contributed by atoms with E-state index < -0.39 is 11.4 Å². The third-order valence-electron chi connectivity index (χ3n) is 7.18. The summed E-state index contributed by atoms with van der Waals surface area (Å²) in [5.74, 6) is 1.01. The van der Waals surface area contributed by atoms with Crippen molar-refractivity contribution in [2.75, 3.05) is 12.4 Å². The summed E-state index contributed by atoms with van der Waals surface area (Å²) in [5.41, 5.74) is 6.04. The molecule has 0 amide bonds. The van der Waals surface area contributed by atoms with Gasteiger partial charge in [-0.15, -0.1) is 0 Å². The molecule has 2 aromatic carbocycles. The minimum atomic E-state index is -0.745. The first-order valence-corrected chi connectivity index (χ1v) is 12.6. The average Bonchev–Trinajstić information content (AvgIpc) is 3.72. The van der Waals surface area contributed by atoms with Crippen LogP contribution in [-0.2, 0) is 10.2 Å². The van der Waals surface area contributed by atoms with Crippen LogP contribution in [0.5, 0.6) is 5.88 Å². The predicted molar refractivity (Wildman–Crippen MR) is 148 cm³/mol. The van der Waals surface area contributed by atoms with E-state index in [2.05, 4.69) is 15.5 Å². The van der Waals surface area contributed by atoms with Crippen molar-refractivity contribution in [3.8, 4) is 39.6 Å². The molecular formula is C31H26N4O4. The number of rotatable bonds is 8. The number of aryl methyl sites for hydroxylation is 1. The van der Waals surface area contributed by atoms with Crippen molar-refractivity contribution in [3.05, 3.63) is 96.3 Å². The van der Waals surface area contributed by atoms with Crippen LogP contribution in [0.15, 0.2) is 89.6 Å². The number of aliphatic carboxylic acids is 1. The van der Waals surface area contributed by atoms with Crippen LogP contribution in [0.25, 0.3) is 33.7 Å². The van der Waals surface area contributed by atoms with Gasteiger partial charge in [0, 0.05) is 11.8 Å². The molecule has 0 spiro atoms. The van der Waals surface area contributed by atoms with Gasteiger partial charge in [-0.25, -0.2) is 9.97 Å². The Balaban J connectivity index is 1.24. The van der Waals surface area contributed by atoms with E-state index in [9.17, 15) is 9.90 Å². The first-order chi connectivity index (χ1) is 19.0. The molecule has 3 aromatic heterocycles. The van der Waals surface area contributed by atoms with E-state index in [0.717, 1.165) is 39.2 Å². The Morgan fingerprint density at radius 2 is 1.64 bits per heavy atom. The molecule has 39 heavy (non-hydrogen) atoms. The van der Waals surface area contributed by atoms with Crippen LogP contribution in [0.2, 0.25) is 0 Å². The lowest BCUT2D eigenvalue weighted by Gasteiger charge is -2.11. The fourth-order valence-electron chi connectivity index (χ4n) is 4.79. The van der Waals surface area contributed by atoms with Crippen LogP contribution in [0.3, 0.4) is 0 Å². The highest BCUT2D eigenvalue weighted by Gasteiger charge is 2.51. The summed E-state index contributed by atoms with van der Waals surface area (Å²) in [7, 11) is 1.59. The van der Waals surface area contributed by atoms with Crippen molar-refractivity contribution in [1.29, 1.82) is 0 Å². The Hall–Kier alpha value is -4.98. The highest BCUT2D eigenvalue weighted by Crippen LogP contribution is 2.48. The Bertz CT molecular complexity index is 1660. The van der Waals surface area contributed by atoms with Gasteiger partial charge in [-0.3, -0.25) is 4.79 Å². The molecule has 0 saturated heterocycles. The van der Waals surface area contributed by atoms with Crippen molar-refractivity contribution in [2.24, 2.45) is 0 Å². The van der Waals surface area contributed by atoms with Crippen LogP contribution in [-0.4, -0.2) is 33.3 Å². The normalized spacial score (nSPS) is 13.6. The number of carbonyl (C=O) groups is 1. The third kappa shape index (κ3) is 4.50. The highest BCUT2D eigenvalue weighted by molar-refractivity contribution is 5.85. The second kappa shape index (κ2) is 9.72. The molecule has 0 atom stereocenters. The number of nitrogens with zero attached hydrogens (tertiary/aromatic N) is 3. The summed E-state index contributed by atoms with van der Waals surface area (Å²) in [4.78, 5) is 20.7. The molecule has 0 unspecified atom stereocenters. The molecule has 1 aliphatic carbocycles. The zero-order valence-electron chi connectivity index (χ0n) is 21.5. The lowest BCUT2D eigenvalue weighted by atomic mass is 9.93. The fourth-order valence-corrected chi connectivity index (χ4v) is 4.79. The maximum absolute atomic E-state index is 11.6. The average molecular weight is 519 g/mol. The number of carboxylic acids is 1. The smallest absolute Gasteiger partial charge is 0.314 e. The van der Waals surface area contributed by atoms with Gasteiger partial charge >= 0.3 is 5.97 Å². The van der Waals surface area contributed by atoms with Crippen LogP contribution in [0.4, 0.5) is 11.5 Å². The lowest BCUT2D eigenvalue weighted by molar-refractivity contribution is -0.140. The van der Waals surface area contributed by atoms with Crippen LogP contribution in [0, 0.1) is 6.92 Å². The van der Waals surface area contributed by atoms with E-state index in [1.54, 1.807) is 13.3 Å². The molecule has 8 heteroatoms. The van der Waals surface area contributed by atoms with Gasteiger partial charge in [-0.2, -0.15) is 0 Å². The molecular weight excluding hydrogens is 492 g/mol. The van der Waals surface area contributed by atoms with Gasteiger partial charge in [0.15, 0.2) is 5.76 Å². The monoisotopic (exact) mass is 518 g/mol. The van der Waals surface area contributed by atoms with E-state index >= 15 is 0 Å². The molecule has 2 N–H and O–H groups in total. The number of methoxy groups -OCH3 is 1. The Labute approximate surface area is 225 Å².